The number of aliphatic carboxylic acids is 6. The molecule has 2 rings (SSSR count). The van der Waals surface area contributed by atoms with Crippen molar-refractivity contribution in [1.82, 2.24) is 53.2 Å². The van der Waals surface area contributed by atoms with Gasteiger partial charge in [0.2, 0.25) is 47.3 Å². The third-order valence-electron chi connectivity index (χ3n) is 13.0. The second-order valence-corrected chi connectivity index (χ2v) is 19.4. The van der Waals surface area contributed by atoms with Gasteiger partial charge in [-0.25, -0.2) is 9.59 Å². The number of carbonyl (C=O) groups is 14. The predicted octanol–water partition coefficient (Wildman–Crippen LogP) is -4.96. The van der Waals surface area contributed by atoms with Gasteiger partial charge >= 0.3 is 35.8 Å². The van der Waals surface area contributed by atoms with Gasteiger partial charge in [-0.1, -0.05) is 12.8 Å². The fourth-order valence-corrected chi connectivity index (χ4v) is 8.57. The van der Waals surface area contributed by atoms with E-state index < -0.39 is 195 Å². The van der Waals surface area contributed by atoms with E-state index >= 15 is 0 Å². The average molecular weight is 1140 g/mol. The first-order valence-electron chi connectivity index (χ1n) is 26.5. The summed E-state index contributed by atoms with van der Waals surface area (Å²) in [7, 11) is 0. The minimum atomic E-state index is -1.99. The van der Waals surface area contributed by atoms with Gasteiger partial charge in [0.15, 0.2) is 0 Å². The normalized spacial score (nSPS) is 17.7. The molecule has 2 fully saturated rings. The lowest BCUT2D eigenvalue weighted by atomic mass is 10.0. The summed E-state index contributed by atoms with van der Waals surface area (Å²) >= 11 is 0. The van der Waals surface area contributed by atoms with Crippen molar-refractivity contribution in [1.29, 1.82) is 0 Å². The minimum absolute atomic E-state index is 0.130. The summed E-state index contributed by atoms with van der Waals surface area (Å²) in [4.78, 5) is 180. The Balaban J connectivity index is 2.51. The molecule has 80 heavy (non-hydrogen) atoms. The van der Waals surface area contributed by atoms with Crippen molar-refractivity contribution in [2.45, 2.75) is 189 Å². The Hall–Kier alpha value is -7.58. The lowest BCUT2D eigenvalue weighted by molar-refractivity contribution is -0.143. The summed E-state index contributed by atoms with van der Waals surface area (Å²) in [6, 6.07) is -15.2. The molecule has 0 spiro atoms. The molecule has 0 saturated carbocycles. The Bertz CT molecular complexity index is 2030. The molecule has 20 N–H and O–H groups in total. The number of hydrogen-bond donors (Lipinski definition) is 18. The zero-order valence-corrected chi connectivity index (χ0v) is 44.3. The number of carbonyl (C=O) groups excluding carboxylic acids is 8. The molecule has 0 bridgehead atoms. The van der Waals surface area contributed by atoms with Crippen LogP contribution in [0.5, 0.6) is 0 Å². The number of carboxylic acids is 6. The molecule has 2 saturated heterocycles. The van der Waals surface area contributed by atoms with Crippen LogP contribution in [-0.4, -0.2) is 200 Å². The summed E-state index contributed by atoms with van der Waals surface area (Å²) < 4.78 is 0. The molecule has 0 aromatic rings. The molecule has 32 nitrogen and oxygen atoms in total. The van der Waals surface area contributed by atoms with Gasteiger partial charge < -0.3 is 95.3 Å². The Morgan fingerprint density at radius 3 is 0.912 bits per heavy atom. The maximum absolute atomic E-state index is 14.0. The first-order valence-corrected chi connectivity index (χ1v) is 26.5. The highest BCUT2D eigenvalue weighted by Crippen LogP contribution is 2.14. The second-order valence-electron chi connectivity index (χ2n) is 19.4. The van der Waals surface area contributed by atoms with E-state index in [1.807, 2.05) is 0 Å². The van der Waals surface area contributed by atoms with Gasteiger partial charge in [0.05, 0.1) is 24.9 Å². The fraction of sp³-hybridized carbons (Fsp3) is 0.708. The molecular formula is C48H78N12O20. The number of nitrogens with two attached hydrogens (primary N) is 2. The summed E-state index contributed by atoms with van der Waals surface area (Å²) in [6.07, 6.45) is -2.86. The maximum atomic E-state index is 14.0. The lowest BCUT2D eigenvalue weighted by Crippen LogP contribution is -2.59. The van der Waals surface area contributed by atoms with Gasteiger partial charge in [-0.3, -0.25) is 57.5 Å². The molecule has 0 unspecified atom stereocenters. The van der Waals surface area contributed by atoms with E-state index in [-0.39, 0.29) is 51.6 Å². The van der Waals surface area contributed by atoms with Crippen molar-refractivity contribution >= 4 is 83.1 Å². The Labute approximate surface area is 459 Å². The molecule has 450 valence electrons. The van der Waals surface area contributed by atoms with E-state index in [1.54, 1.807) is 0 Å². The number of rotatable bonds is 41. The van der Waals surface area contributed by atoms with Crippen molar-refractivity contribution in [3.05, 3.63) is 0 Å². The van der Waals surface area contributed by atoms with Crippen molar-refractivity contribution in [2.75, 3.05) is 26.2 Å². The second kappa shape index (κ2) is 36.6. The largest absolute Gasteiger partial charge is 0.481 e. The quantitative estimate of drug-likeness (QED) is 0.0255. The summed E-state index contributed by atoms with van der Waals surface area (Å²) in [6.45, 7) is 1.32. The summed E-state index contributed by atoms with van der Waals surface area (Å²) in [5, 5.41) is 82.3. The van der Waals surface area contributed by atoms with E-state index in [0.717, 1.165) is 0 Å². The van der Waals surface area contributed by atoms with E-state index in [4.69, 9.17) is 11.5 Å². The molecule has 2 aliphatic heterocycles. The zero-order chi connectivity index (χ0) is 59.9. The Morgan fingerprint density at radius 1 is 0.362 bits per heavy atom. The smallest absolute Gasteiger partial charge is 0.326 e. The van der Waals surface area contributed by atoms with E-state index in [0.29, 0.717) is 51.6 Å². The molecule has 0 radical (unpaired) electrons. The van der Waals surface area contributed by atoms with E-state index in [2.05, 4.69) is 53.2 Å². The van der Waals surface area contributed by atoms with Crippen LogP contribution in [-0.2, 0) is 67.1 Å². The summed E-state index contributed by atoms with van der Waals surface area (Å²) in [5.41, 5.74) is 11.1. The van der Waals surface area contributed by atoms with Gasteiger partial charge in [0, 0.05) is 12.8 Å². The third kappa shape index (κ3) is 26.4. The monoisotopic (exact) mass is 1140 g/mol. The van der Waals surface area contributed by atoms with Crippen LogP contribution in [0.25, 0.3) is 0 Å². The predicted molar refractivity (Wildman–Crippen MR) is 275 cm³/mol. The number of nitrogens with one attached hydrogen (secondary N) is 10. The molecular weight excluding hydrogens is 1060 g/mol. The molecule has 0 aliphatic carbocycles. The van der Waals surface area contributed by atoms with Crippen LogP contribution in [0, 0.1) is 0 Å². The van der Waals surface area contributed by atoms with Gasteiger partial charge in [0.25, 0.3) is 0 Å². The highest BCUT2D eigenvalue weighted by Gasteiger charge is 2.36. The lowest BCUT2D eigenvalue weighted by Gasteiger charge is -2.27. The van der Waals surface area contributed by atoms with E-state index in [9.17, 15) is 97.8 Å². The topological polar surface area (TPSA) is 533 Å². The fourth-order valence-electron chi connectivity index (χ4n) is 8.57. The van der Waals surface area contributed by atoms with Crippen molar-refractivity contribution < 1.29 is 97.8 Å². The SMILES string of the molecule is NCCCC[C@H](NC(=O)[C@H](CCCC[C@H](NC(=O)[C@H](CC(=O)O)NC(=O)[C@H](CCC(=O)O)NC(=O)[C@@H]1CCCN1)C(=O)N[C@@H](CCCCN)C(=O)O)NC(=O)[C@H](CC(=O)O)NC(=O)[C@H](CCC(=O)O)NC(=O)[C@@H]1CCCN1)C(=O)O. The Morgan fingerprint density at radius 2 is 0.637 bits per heavy atom. The molecule has 0 aromatic heterocycles. The maximum Gasteiger partial charge on any atom is 0.326 e. The van der Waals surface area contributed by atoms with Crippen LogP contribution in [0.2, 0.25) is 0 Å². The number of carboxylic acid groups (broad SMARTS) is 6. The first kappa shape index (κ1) is 68.5. The Kier molecular flexibility index (Phi) is 31.3. The minimum Gasteiger partial charge on any atom is -0.481 e. The average Bonchev–Trinajstić information content (AvgIpc) is 4.15. The molecule has 0 aromatic carbocycles. The van der Waals surface area contributed by atoms with Crippen molar-refractivity contribution in [3.8, 4) is 0 Å². The van der Waals surface area contributed by atoms with Crippen LogP contribution >= 0.6 is 0 Å². The van der Waals surface area contributed by atoms with Crippen LogP contribution < -0.4 is 64.6 Å². The zero-order valence-electron chi connectivity index (χ0n) is 44.3. The molecule has 8 amide bonds. The van der Waals surface area contributed by atoms with Gasteiger partial charge in [0.1, 0.15) is 48.3 Å². The van der Waals surface area contributed by atoms with Crippen LogP contribution in [0.3, 0.4) is 0 Å². The standard InChI is InChI=1S/C48H78N12O20/c49-19-5-3-11-31(47(77)78)57-41(71)27(53-45(75)33(23-37(65)66)59-43(73)29(15-17-35(61)62)55-39(69)25-13-7-21-51-25)9-1-2-10-28(42(72)58-32(48(79)80)12-4-6-20-50)54-46(76)34(24-38(67)68)60-44(74)30(16-18-36(63)64)56-40(70)26-14-8-22-52-26/h25-34,51-52H,1-24,49-50H2,(H,53,75)(H,54,76)(H,55,69)(H,56,70)(H,57,71)(H,58,72)(H,59,73)(H,60,74)(H,61,62)(H,63,64)(H,65,66)(H,67,68)(H,77,78)(H,79,80)/t25-,26-,27-,28-,29-,30-,31-,32-,33-,34-/m0/s1. The summed E-state index contributed by atoms with van der Waals surface area (Å²) in [5.74, 6) is -17.4. The van der Waals surface area contributed by atoms with Crippen LogP contribution in [0.4, 0.5) is 0 Å². The van der Waals surface area contributed by atoms with E-state index in [1.165, 1.54) is 0 Å². The van der Waals surface area contributed by atoms with Gasteiger partial charge in [-0.05, 0) is 116 Å². The highest BCUT2D eigenvalue weighted by atomic mass is 16.4. The molecule has 2 heterocycles. The molecule has 2 aliphatic rings. The number of amides is 8. The number of unbranched alkanes of at least 4 members (excludes halogenated alkanes) is 3. The third-order valence-corrected chi connectivity index (χ3v) is 13.0. The van der Waals surface area contributed by atoms with Gasteiger partial charge in [-0.15, -0.1) is 0 Å². The van der Waals surface area contributed by atoms with Crippen LogP contribution in [0.15, 0.2) is 0 Å². The van der Waals surface area contributed by atoms with Crippen molar-refractivity contribution in [3.63, 3.8) is 0 Å². The van der Waals surface area contributed by atoms with Crippen molar-refractivity contribution in [2.24, 2.45) is 11.5 Å². The molecule has 10 atom stereocenters. The highest BCUT2D eigenvalue weighted by molar-refractivity contribution is 5.98. The van der Waals surface area contributed by atoms with Crippen LogP contribution in [0.1, 0.15) is 128 Å². The van der Waals surface area contributed by atoms with Gasteiger partial charge in [-0.2, -0.15) is 0 Å². The first-order chi connectivity index (χ1) is 37.9. The molecule has 32 heteroatoms. The number of hydrogen-bond acceptors (Lipinski definition) is 18.